The van der Waals surface area contributed by atoms with Crippen molar-refractivity contribution < 1.29 is 24.2 Å². The summed E-state index contributed by atoms with van der Waals surface area (Å²) in [5.74, 6) is -0.0253. The number of rotatable bonds is 11. The third-order valence-corrected chi connectivity index (χ3v) is 6.04. The fraction of sp³-hybridized carbons (Fsp3) is 0.429. The van der Waals surface area contributed by atoms with Gasteiger partial charge in [0.25, 0.3) is 11.7 Å². The molecule has 3 rings (SSSR count). The Hall–Kier alpha value is -3.32. The Morgan fingerprint density at radius 2 is 1.77 bits per heavy atom. The lowest BCUT2D eigenvalue weighted by Crippen LogP contribution is -2.35. The smallest absolute Gasteiger partial charge is 0.295 e. The number of Topliss-reactive ketones (excluding diaryl/α,β-unsaturated/α-hetero) is 1. The highest BCUT2D eigenvalue weighted by Gasteiger charge is 2.45. The number of amides is 1. The average Bonchev–Trinajstić information content (AvgIpc) is 3.09. The van der Waals surface area contributed by atoms with Crippen LogP contribution in [-0.4, -0.2) is 67.0 Å². The fourth-order valence-corrected chi connectivity index (χ4v) is 4.12. The van der Waals surface area contributed by atoms with Crippen molar-refractivity contribution in [1.82, 2.24) is 9.80 Å². The van der Waals surface area contributed by atoms with Gasteiger partial charge < -0.3 is 24.4 Å². The number of carbonyl (C=O) groups is 2. The van der Waals surface area contributed by atoms with Gasteiger partial charge in [-0.25, -0.2) is 0 Å². The number of nitrogens with zero attached hydrogens (tertiary/aromatic N) is 2. The van der Waals surface area contributed by atoms with E-state index in [-0.39, 0.29) is 11.3 Å². The van der Waals surface area contributed by atoms with Gasteiger partial charge >= 0.3 is 0 Å². The number of ether oxygens (including phenoxy) is 2. The van der Waals surface area contributed by atoms with Crippen LogP contribution in [0.2, 0.25) is 0 Å². The van der Waals surface area contributed by atoms with Crippen LogP contribution in [0.4, 0.5) is 0 Å². The van der Waals surface area contributed by atoms with Crippen molar-refractivity contribution in [3.63, 3.8) is 0 Å². The molecule has 188 valence electrons. The van der Waals surface area contributed by atoms with Crippen molar-refractivity contribution in [3.05, 3.63) is 64.7 Å². The maximum Gasteiger partial charge on any atom is 0.295 e. The highest BCUT2D eigenvalue weighted by Crippen LogP contribution is 2.40. The molecule has 0 aromatic heterocycles. The van der Waals surface area contributed by atoms with E-state index in [0.29, 0.717) is 37.6 Å². The summed E-state index contributed by atoms with van der Waals surface area (Å²) >= 11 is 0. The van der Waals surface area contributed by atoms with Gasteiger partial charge in [-0.1, -0.05) is 25.5 Å². The van der Waals surface area contributed by atoms with Crippen molar-refractivity contribution in [2.75, 3.05) is 40.4 Å². The zero-order chi connectivity index (χ0) is 25.5. The normalized spacial score (nSPS) is 17.3. The molecule has 1 atom stereocenters. The molecule has 7 heteroatoms. The molecule has 1 N–H and O–H groups in total. The Balaban J connectivity index is 2.04. The highest BCUT2D eigenvalue weighted by molar-refractivity contribution is 6.46. The predicted molar refractivity (Wildman–Crippen MR) is 137 cm³/mol. The topological polar surface area (TPSA) is 79.3 Å². The number of aliphatic hydroxyl groups excluding tert-OH is 1. The lowest BCUT2D eigenvalue weighted by atomic mass is 9.94. The molecular formula is C28H36N2O5. The minimum atomic E-state index is -0.689. The van der Waals surface area contributed by atoms with E-state index in [4.69, 9.17) is 9.47 Å². The SMILES string of the molecule is CCCCOc1ccc(/C(O)=C2\C(=O)C(=O)N(CCN(C)C)C2c2ccc(OCC)cc2)cc1C. The van der Waals surface area contributed by atoms with Gasteiger partial charge in [-0.15, -0.1) is 0 Å². The first kappa shape index (κ1) is 26.3. The van der Waals surface area contributed by atoms with Gasteiger partial charge in [0.2, 0.25) is 0 Å². The second-order valence-corrected chi connectivity index (χ2v) is 8.98. The van der Waals surface area contributed by atoms with Crippen LogP contribution in [0.3, 0.4) is 0 Å². The van der Waals surface area contributed by atoms with E-state index in [1.54, 1.807) is 23.1 Å². The van der Waals surface area contributed by atoms with Crippen molar-refractivity contribution in [3.8, 4) is 11.5 Å². The van der Waals surface area contributed by atoms with Crippen molar-refractivity contribution in [2.45, 2.75) is 39.7 Å². The minimum absolute atomic E-state index is 0.0944. The molecule has 0 saturated carbocycles. The van der Waals surface area contributed by atoms with Crippen LogP contribution in [0.5, 0.6) is 11.5 Å². The number of aliphatic hydroxyl groups is 1. The maximum absolute atomic E-state index is 13.2. The number of likely N-dealkylation sites (N-methyl/N-ethyl adjacent to an activating group) is 1. The molecule has 1 saturated heterocycles. The molecule has 35 heavy (non-hydrogen) atoms. The molecule has 2 aromatic carbocycles. The quantitative estimate of drug-likeness (QED) is 0.220. The number of carbonyl (C=O) groups excluding carboxylic acids is 2. The van der Waals surface area contributed by atoms with Gasteiger partial charge in [0.05, 0.1) is 24.8 Å². The van der Waals surface area contributed by atoms with Crippen molar-refractivity contribution >= 4 is 17.4 Å². The summed E-state index contributed by atoms with van der Waals surface area (Å²) in [4.78, 5) is 29.7. The fourth-order valence-electron chi connectivity index (χ4n) is 4.12. The summed E-state index contributed by atoms with van der Waals surface area (Å²) in [6.45, 7) is 8.02. The van der Waals surface area contributed by atoms with Gasteiger partial charge in [0, 0.05) is 18.7 Å². The Morgan fingerprint density at radius 1 is 1.06 bits per heavy atom. The lowest BCUT2D eigenvalue weighted by molar-refractivity contribution is -0.140. The molecule has 1 amide bonds. The third kappa shape index (κ3) is 6.03. The molecule has 1 aliphatic heterocycles. The predicted octanol–water partition coefficient (Wildman–Crippen LogP) is 4.56. The monoisotopic (exact) mass is 480 g/mol. The van der Waals surface area contributed by atoms with E-state index in [2.05, 4.69) is 6.92 Å². The van der Waals surface area contributed by atoms with Crippen molar-refractivity contribution in [2.24, 2.45) is 0 Å². The first-order valence-corrected chi connectivity index (χ1v) is 12.2. The van der Waals surface area contributed by atoms with Gasteiger partial charge in [0.15, 0.2) is 0 Å². The maximum atomic E-state index is 13.2. The number of ketones is 1. The molecule has 0 bridgehead atoms. The zero-order valence-electron chi connectivity index (χ0n) is 21.3. The summed E-state index contributed by atoms with van der Waals surface area (Å²) in [6, 6.07) is 11.9. The van der Waals surface area contributed by atoms with Gasteiger partial charge in [-0.3, -0.25) is 9.59 Å². The second-order valence-electron chi connectivity index (χ2n) is 8.98. The molecule has 1 aliphatic rings. The van der Waals surface area contributed by atoms with Gasteiger partial charge in [0.1, 0.15) is 17.3 Å². The molecule has 2 aromatic rings. The number of aryl methyl sites for hydroxylation is 1. The summed E-state index contributed by atoms with van der Waals surface area (Å²) in [5, 5.41) is 11.3. The number of benzene rings is 2. The van der Waals surface area contributed by atoms with Crippen LogP contribution < -0.4 is 9.47 Å². The number of likely N-dealkylation sites (tertiary alicyclic amines) is 1. The minimum Gasteiger partial charge on any atom is -0.507 e. The Morgan fingerprint density at radius 3 is 2.37 bits per heavy atom. The summed E-state index contributed by atoms with van der Waals surface area (Å²) < 4.78 is 11.4. The van der Waals surface area contributed by atoms with E-state index >= 15 is 0 Å². The molecule has 0 spiro atoms. The summed E-state index contributed by atoms with van der Waals surface area (Å²) in [7, 11) is 3.82. The van der Waals surface area contributed by atoms with E-state index in [9.17, 15) is 14.7 Å². The Labute approximate surface area is 207 Å². The number of unbranched alkanes of at least 4 members (excludes halogenated alkanes) is 1. The molecule has 1 fully saturated rings. The molecule has 1 unspecified atom stereocenters. The molecule has 7 nitrogen and oxygen atoms in total. The van der Waals surface area contributed by atoms with Crippen LogP contribution in [0.15, 0.2) is 48.0 Å². The van der Waals surface area contributed by atoms with Crippen LogP contribution >= 0.6 is 0 Å². The average molecular weight is 481 g/mol. The number of hydrogen-bond acceptors (Lipinski definition) is 6. The van der Waals surface area contributed by atoms with E-state index in [1.807, 2.05) is 57.1 Å². The molecule has 0 radical (unpaired) electrons. The van der Waals surface area contributed by atoms with Gasteiger partial charge in [-0.2, -0.15) is 0 Å². The molecular weight excluding hydrogens is 444 g/mol. The zero-order valence-corrected chi connectivity index (χ0v) is 21.3. The van der Waals surface area contributed by atoms with E-state index in [1.165, 1.54) is 0 Å². The molecule has 0 aliphatic carbocycles. The van der Waals surface area contributed by atoms with Crippen LogP contribution in [-0.2, 0) is 9.59 Å². The standard InChI is InChI=1S/C28H36N2O5/c1-6-8-17-35-23-14-11-21(18-19(23)3)26(31)24-25(20-9-12-22(13-10-20)34-7-2)30(16-15-29(4)5)28(33)27(24)32/h9-14,18,25,31H,6-8,15-17H2,1-5H3/b26-24+. The number of hydrogen-bond donors (Lipinski definition) is 1. The van der Waals surface area contributed by atoms with E-state index < -0.39 is 17.7 Å². The van der Waals surface area contributed by atoms with Crippen LogP contribution in [0, 0.1) is 6.92 Å². The van der Waals surface area contributed by atoms with Crippen LogP contribution in [0.1, 0.15) is 49.4 Å². The highest BCUT2D eigenvalue weighted by atomic mass is 16.5. The Bertz CT molecular complexity index is 1080. The third-order valence-electron chi connectivity index (χ3n) is 6.04. The van der Waals surface area contributed by atoms with Crippen LogP contribution in [0.25, 0.3) is 5.76 Å². The Kier molecular flexibility index (Phi) is 8.93. The first-order chi connectivity index (χ1) is 16.8. The summed E-state index contributed by atoms with van der Waals surface area (Å²) in [6.07, 6.45) is 2.00. The van der Waals surface area contributed by atoms with Gasteiger partial charge in [-0.05, 0) is 75.8 Å². The summed E-state index contributed by atoms with van der Waals surface area (Å²) in [5.41, 5.74) is 2.16. The lowest BCUT2D eigenvalue weighted by Gasteiger charge is -2.26. The van der Waals surface area contributed by atoms with E-state index in [0.717, 1.165) is 29.7 Å². The second kappa shape index (κ2) is 11.9. The first-order valence-electron chi connectivity index (χ1n) is 12.2. The molecule has 1 heterocycles. The van der Waals surface area contributed by atoms with Crippen molar-refractivity contribution in [1.29, 1.82) is 0 Å². The largest absolute Gasteiger partial charge is 0.507 e.